The monoisotopic (exact) mass is 367 g/mol. The lowest BCUT2D eigenvalue weighted by Crippen LogP contribution is -2.20. The molecule has 0 aromatic heterocycles. The quantitative estimate of drug-likeness (QED) is 0.350. The van der Waals surface area contributed by atoms with Gasteiger partial charge in [-0.15, -0.1) is 0 Å². The van der Waals surface area contributed by atoms with Crippen LogP contribution in [0.4, 0.5) is 5.69 Å². The normalized spacial score (nSPS) is 16.3. The number of phenols is 1. The average molecular weight is 367 g/mol. The van der Waals surface area contributed by atoms with Crippen molar-refractivity contribution in [3.05, 3.63) is 75.5 Å². The van der Waals surface area contributed by atoms with Gasteiger partial charge in [-0.1, -0.05) is 37.3 Å². The van der Waals surface area contributed by atoms with Gasteiger partial charge in [0.1, 0.15) is 0 Å². The Morgan fingerprint density at radius 1 is 1.41 bits per heavy atom. The third-order valence-electron chi connectivity index (χ3n) is 4.05. The summed E-state index contributed by atoms with van der Waals surface area (Å²) in [6.45, 7) is 9.39. The number of phenolic OH excluding ortho intramolecular Hbond substituents is 1. The van der Waals surface area contributed by atoms with Crippen molar-refractivity contribution in [1.82, 2.24) is 5.01 Å². The van der Waals surface area contributed by atoms with Crippen LogP contribution in [0.15, 0.2) is 65.0 Å². The van der Waals surface area contributed by atoms with E-state index in [0.29, 0.717) is 22.5 Å². The number of hydrogen-bond acceptors (Lipinski definition) is 5. The number of nitro benzene ring substituents is 1. The minimum atomic E-state index is -0.676. The maximum absolute atomic E-state index is 12.8. The Kier molecular flexibility index (Phi) is 6.07. The largest absolute Gasteiger partial charge is 0.502 e. The van der Waals surface area contributed by atoms with Crippen LogP contribution in [0.2, 0.25) is 0 Å². The minimum Gasteiger partial charge on any atom is -0.502 e. The van der Waals surface area contributed by atoms with Crippen molar-refractivity contribution in [3.63, 3.8) is 0 Å². The lowest BCUT2D eigenvalue weighted by molar-refractivity contribution is -0.385. The first-order valence-electron chi connectivity index (χ1n) is 8.39. The third kappa shape index (κ3) is 4.38. The highest BCUT2D eigenvalue weighted by Gasteiger charge is 2.29. The van der Waals surface area contributed by atoms with Crippen molar-refractivity contribution in [2.45, 2.75) is 27.2 Å². The number of aromatic hydroxyl groups is 1. The lowest BCUT2D eigenvalue weighted by atomic mass is 10.1. The summed E-state index contributed by atoms with van der Waals surface area (Å²) in [4.78, 5) is 23.1. The molecular formula is C20H21N3O4. The molecule has 27 heavy (non-hydrogen) atoms. The summed E-state index contributed by atoms with van der Waals surface area (Å²) in [5, 5.41) is 26.1. The maximum Gasteiger partial charge on any atom is 0.311 e. The van der Waals surface area contributed by atoms with Crippen LogP contribution in [-0.2, 0) is 4.79 Å². The third-order valence-corrected chi connectivity index (χ3v) is 4.05. The molecule has 1 aromatic rings. The molecule has 2 rings (SSSR count). The number of hydrazone groups is 1. The fourth-order valence-electron chi connectivity index (χ4n) is 2.41. The molecule has 7 nitrogen and oxygen atoms in total. The van der Waals surface area contributed by atoms with Crippen LogP contribution in [0.1, 0.15) is 32.8 Å². The Bertz CT molecular complexity index is 923. The highest BCUT2D eigenvalue weighted by molar-refractivity contribution is 6.27. The van der Waals surface area contributed by atoms with Crippen molar-refractivity contribution in [2.75, 3.05) is 0 Å². The van der Waals surface area contributed by atoms with Crippen LogP contribution in [-0.4, -0.2) is 26.7 Å². The number of benzene rings is 1. The van der Waals surface area contributed by atoms with Crippen LogP contribution in [0, 0.1) is 10.1 Å². The number of carbonyl (C=O) groups is 1. The zero-order valence-electron chi connectivity index (χ0n) is 15.5. The summed E-state index contributed by atoms with van der Waals surface area (Å²) in [5.74, 6) is -0.757. The molecule has 1 heterocycles. The first-order chi connectivity index (χ1) is 12.8. The van der Waals surface area contributed by atoms with Crippen molar-refractivity contribution in [1.29, 1.82) is 0 Å². The summed E-state index contributed by atoms with van der Waals surface area (Å²) in [7, 11) is 0. The molecule has 0 saturated heterocycles. The molecule has 0 radical (unpaired) electrons. The van der Waals surface area contributed by atoms with Gasteiger partial charge in [0.2, 0.25) is 0 Å². The predicted octanol–water partition coefficient (Wildman–Crippen LogP) is 4.33. The maximum atomic E-state index is 12.8. The fourth-order valence-corrected chi connectivity index (χ4v) is 2.41. The lowest BCUT2D eigenvalue weighted by Gasteiger charge is -2.12. The van der Waals surface area contributed by atoms with Gasteiger partial charge in [0.25, 0.3) is 5.91 Å². The van der Waals surface area contributed by atoms with Crippen molar-refractivity contribution in [2.24, 2.45) is 5.10 Å². The van der Waals surface area contributed by atoms with E-state index in [9.17, 15) is 20.0 Å². The van der Waals surface area contributed by atoms with E-state index >= 15 is 0 Å². The number of nitro groups is 1. The SMILES string of the molecule is C=C(/C=C\C(=C/C)N1N=C(C)/C(=C/c2ccc(O)c([N+](=O)[O-])c2)C1=O)CC. The molecule has 0 fully saturated rings. The Hall–Kier alpha value is -3.48. The number of amides is 1. The Labute approximate surface area is 157 Å². The van der Waals surface area contributed by atoms with E-state index in [2.05, 4.69) is 11.7 Å². The Morgan fingerprint density at radius 3 is 2.70 bits per heavy atom. The van der Waals surface area contributed by atoms with Gasteiger partial charge in [-0.3, -0.25) is 14.9 Å². The topological polar surface area (TPSA) is 96.0 Å². The molecule has 0 aliphatic carbocycles. The molecule has 1 amide bonds. The molecule has 1 aliphatic heterocycles. The van der Waals surface area contributed by atoms with Gasteiger partial charge < -0.3 is 5.11 Å². The predicted molar refractivity (Wildman–Crippen MR) is 105 cm³/mol. The number of allylic oxidation sites excluding steroid dienone is 4. The van der Waals surface area contributed by atoms with Gasteiger partial charge in [-0.2, -0.15) is 10.1 Å². The van der Waals surface area contributed by atoms with E-state index in [1.165, 1.54) is 29.3 Å². The summed E-state index contributed by atoms with van der Waals surface area (Å²) >= 11 is 0. The van der Waals surface area contributed by atoms with Crippen molar-refractivity contribution in [3.8, 4) is 5.75 Å². The van der Waals surface area contributed by atoms with Gasteiger partial charge in [0, 0.05) is 6.07 Å². The van der Waals surface area contributed by atoms with Gasteiger partial charge in [-0.25, -0.2) is 0 Å². The minimum absolute atomic E-state index is 0.330. The summed E-state index contributed by atoms with van der Waals surface area (Å²) in [6, 6.07) is 3.94. The highest BCUT2D eigenvalue weighted by atomic mass is 16.6. The number of carbonyl (C=O) groups excluding carboxylic acids is 1. The van der Waals surface area contributed by atoms with Crippen molar-refractivity contribution < 1.29 is 14.8 Å². The second kappa shape index (κ2) is 8.27. The van der Waals surface area contributed by atoms with Crippen LogP contribution in [0.3, 0.4) is 0 Å². The first-order valence-corrected chi connectivity index (χ1v) is 8.39. The molecule has 0 saturated carbocycles. The number of hydrogen-bond donors (Lipinski definition) is 1. The van der Waals surface area contributed by atoms with E-state index in [1.807, 2.05) is 13.0 Å². The fraction of sp³-hybridized carbons (Fsp3) is 0.200. The molecule has 140 valence electrons. The summed E-state index contributed by atoms with van der Waals surface area (Å²) in [6.07, 6.45) is 7.69. The zero-order valence-corrected chi connectivity index (χ0v) is 15.5. The van der Waals surface area contributed by atoms with Crippen LogP contribution in [0.5, 0.6) is 5.75 Å². The van der Waals surface area contributed by atoms with Crippen LogP contribution in [0.25, 0.3) is 6.08 Å². The zero-order chi connectivity index (χ0) is 20.1. The molecule has 0 bridgehead atoms. The van der Waals surface area contributed by atoms with Gasteiger partial charge in [-0.05, 0) is 44.1 Å². The summed E-state index contributed by atoms with van der Waals surface area (Å²) < 4.78 is 0. The smallest absolute Gasteiger partial charge is 0.311 e. The van der Waals surface area contributed by atoms with E-state index in [4.69, 9.17) is 0 Å². The Morgan fingerprint density at radius 2 is 2.11 bits per heavy atom. The van der Waals surface area contributed by atoms with Crippen LogP contribution >= 0.6 is 0 Å². The van der Waals surface area contributed by atoms with E-state index < -0.39 is 16.4 Å². The average Bonchev–Trinajstić information content (AvgIpc) is 2.91. The second-order valence-corrected chi connectivity index (χ2v) is 5.92. The highest BCUT2D eigenvalue weighted by Crippen LogP contribution is 2.29. The molecular weight excluding hydrogens is 346 g/mol. The van der Waals surface area contributed by atoms with E-state index in [0.717, 1.165) is 12.0 Å². The van der Waals surface area contributed by atoms with Gasteiger partial charge in [0.15, 0.2) is 5.75 Å². The molecule has 0 spiro atoms. The standard InChI is InChI=1S/C20H21N3O4/c1-5-13(3)7-9-16(6-2)22-20(25)17(14(4)21-22)11-15-8-10-19(24)18(12-15)23(26)27/h6-12,24H,3,5H2,1-2,4H3/b9-7-,16-6+,17-11-. The first kappa shape index (κ1) is 19.8. The number of nitrogens with zero attached hydrogens (tertiary/aromatic N) is 3. The number of rotatable bonds is 6. The Balaban J connectivity index is 2.35. The van der Waals surface area contributed by atoms with Gasteiger partial charge in [0.05, 0.1) is 21.9 Å². The molecule has 1 N–H and O–H groups in total. The van der Waals surface area contributed by atoms with Crippen molar-refractivity contribution >= 4 is 23.4 Å². The van der Waals surface area contributed by atoms with Gasteiger partial charge >= 0.3 is 5.69 Å². The molecule has 1 aliphatic rings. The molecule has 0 unspecified atom stereocenters. The second-order valence-electron chi connectivity index (χ2n) is 5.92. The molecule has 0 atom stereocenters. The molecule has 1 aromatic carbocycles. The van der Waals surface area contributed by atoms with E-state index in [1.54, 1.807) is 26.0 Å². The van der Waals surface area contributed by atoms with E-state index in [-0.39, 0.29) is 5.91 Å². The van der Waals surface area contributed by atoms with Crippen LogP contribution < -0.4 is 0 Å². The summed E-state index contributed by atoms with van der Waals surface area (Å²) in [5.41, 5.74) is 2.37. The molecule has 7 heteroatoms.